The van der Waals surface area contributed by atoms with Gasteiger partial charge in [0, 0.05) is 48.8 Å². The van der Waals surface area contributed by atoms with Crippen molar-refractivity contribution in [3.05, 3.63) is 33.4 Å². The normalized spacial score (nSPS) is 21.0. The molecule has 1 aromatic rings. The third kappa shape index (κ3) is 3.91. The van der Waals surface area contributed by atoms with Gasteiger partial charge in [0.1, 0.15) is 5.75 Å². The Kier molecular flexibility index (Phi) is 5.27. The van der Waals surface area contributed by atoms with Crippen molar-refractivity contribution in [2.24, 2.45) is 5.92 Å². The number of nitro benzene ring substituents is 1. The predicted octanol–water partition coefficient (Wildman–Crippen LogP) is 2.30. The van der Waals surface area contributed by atoms with Crippen molar-refractivity contribution in [1.29, 1.82) is 0 Å². The highest BCUT2D eigenvalue weighted by atomic mass is 16.7. The molecule has 3 aliphatic heterocycles. The van der Waals surface area contributed by atoms with E-state index in [0.717, 1.165) is 63.0 Å². The smallest absolute Gasteiger partial charge is 0.270 e. The number of rotatable bonds is 4. The molecule has 0 saturated carbocycles. The van der Waals surface area contributed by atoms with Crippen LogP contribution in [0.5, 0.6) is 5.75 Å². The van der Waals surface area contributed by atoms with E-state index in [-0.39, 0.29) is 23.3 Å². The Hall–Kier alpha value is -2.19. The Balaban J connectivity index is 1.42. The zero-order valence-electron chi connectivity index (χ0n) is 15.4. The van der Waals surface area contributed by atoms with Gasteiger partial charge in [-0.1, -0.05) is 0 Å². The number of likely N-dealkylation sites (tertiary alicyclic amines) is 2. The molecule has 1 aromatic carbocycles. The number of amides is 1. The summed E-state index contributed by atoms with van der Waals surface area (Å²) >= 11 is 0. The lowest BCUT2D eigenvalue weighted by Crippen LogP contribution is -2.41. The van der Waals surface area contributed by atoms with Gasteiger partial charge in [0.15, 0.2) is 6.79 Å². The topological polar surface area (TPSA) is 85.2 Å². The van der Waals surface area contributed by atoms with Crippen molar-refractivity contribution < 1.29 is 19.2 Å². The molecule has 2 saturated heterocycles. The second-order valence-electron chi connectivity index (χ2n) is 7.54. The summed E-state index contributed by atoms with van der Waals surface area (Å²) in [6.45, 7) is 4.53. The number of nitrogens with zero attached hydrogens (tertiary/aromatic N) is 3. The third-order valence-electron chi connectivity index (χ3n) is 5.73. The van der Waals surface area contributed by atoms with Crippen molar-refractivity contribution in [2.75, 3.05) is 33.0 Å². The second kappa shape index (κ2) is 7.82. The fourth-order valence-corrected chi connectivity index (χ4v) is 4.28. The summed E-state index contributed by atoms with van der Waals surface area (Å²) in [7, 11) is 0. The van der Waals surface area contributed by atoms with Gasteiger partial charge in [-0.05, 0) is 38.8 Å². The minimum Gasteiger partial charge on any atom is -0.467 e. The standard InChI is InChI=1S/C19H25N3O5/c23-19(21-5-1-2-6-21)14-3-7-20(8-4-14)11-15-9-17(22(24)25)10-16-12-26-13-27-18(15)16/h9-10,14H,1-8,11-13H2. The molecule has 0 N–H and O–H groups in total. The number of hydrogen-bond donors (Lipinski definition) is 0. The number of ether oxygens (including phenoxy) is 2. The summed E-state index contributed by atoms with van der Waals surface area (Å²) in [5, 5.41) is 11.2. The van der Waals surface area contributed by atoms with Crippen LogP contribution in [0.1, 0.15) is 36.8 Å². The Labute approximate surface area is 158 Å². The minimum absolute atomic E-state index is 0.0666. The number of piperidine rings is 1. The molecule has 3 heterocycles. The van der Waals surface area contributed by atoms with Crippen LogP contribution in [0.2, 0.25) is 0 Å². The molecule has 3 aliphatic rings. The van der Waals surface area contributed by atoms with Gasteiger partial charge in [0.25, 0.3) is 5.69 Å². The molecule has 0 aromatic heterocycles. The number of fused-ring (bicyclic) bond motifs is 1. The van der Waals surface area contributed by atoms with E-state index in [4.69, 9.17) is 9.47 Å². The first-order valence-corrected chi connectivity index (χ1v) is 9.63. The first-order chi connectivity index (χ1) is 13.1. The molecule has 146 valence electrons. The average Bonchev–Trinajstić information content (AvgIpc) is 3.22. The van der Waals surface area contributed by atoms with Crippen LogP contribution >= 0.6 is 0 Å². The van der Waals surface area contributed by atoms with Crippen LogP contribution in [0.4, 0.5) is 5.69 Å². The lowest BCUT2D eigenvalue weighted by atomic mass is 9.94. The Bertz CT molecular complexity index is 724. The fourth-order valence-electron chi connectivity index (χ4n) is 4.28. The van der Waals surface area contributed by atoms with Crippen molar-refractivity contribution in [3.63, 3.8) is 0 Å². The number of carbonyl (C=O) groups excluding carboxylic acids is 1. The number of benzene rings is 1. The zero-order chi connectivity index (χ0) is 18.8. The quantitative estimate of drug-likeness (QED) is 0.593. The molecule has 4 rings (SSSR count). The van der Waals surface area contributed by atoms with Gasteiger partial charge in [0.05, 0.1) is 11.5 Å². The summed E-state index contributed by atoms with van der Waals surface area (Å²) in [5.74, 6) is 1.13. The average molecular weight is 375 g/mol. The van der Waals surface area contributed by atoms with E-state index in [1.54, 1.807) is 6.07 Å². The molecule has 0 bridgehead atoms. The first-order valence-electron chi connectivity index (χ1n) is 9.63. The largest absolute Gasteiger partial charge is 0.467 e. The van der Waals surface area contributed by atoms with E-state index >= 15 is 0 Å². The summed E-state index contributed by atoms with van der Waals surface area (Å²) in [5.41, 5.74) is 1.62. The van der Waals surface area contributed by atoms with Crippen molar-refractivity contribution in [3.8, 4) is 5.75 Å². The van der Waals surface area contributed by atoms with E-state index in [2.05, 4.69) is 4.90 Å². The molecule has 0 radical (unpaired) electrons. The highest BCUT2D eigenvalue weighted by Crippen LogP contribution is 2.34. The zero-order valence-corrected chi connectivity index (χ0v) is 15.4. The molecular formula is C19H25N3O5. The molecule has 2 fully saturated rings. The van der Waals surface area contributed by atoms with E-state index < -0.39 is 0 Å². The van der Waals surface area contributed by atoms with Crippen LogP contribution in [0.3, 0.4) is 0 Å². The van der Waals surface area contributed by atoms with E-state index in [9.17, 15) is 14.9 Å². The van der Waals surface area contributed by atoms with Crippen LogP contribution in [0, 0.1) is 16.0 Å². The minimum atomic E-state index is -0.376. The van der Waals surface area contributed by atoms with E-state index in [0.29, 0.717) is 24.8 Å². The summed E-state index contributed by atoms with van der Waals surface area (Å²) in [6, 6.07) is 3.13. The maximum absolute atomic E-state index is 12.6. The lowest BCUT2D eigenvalue weighted by Gasteiger charge is -2.33. The van der Waals surface area contributed by atoms with Crippen molar-refractivity contribution >= 4 is 11.6 Å². The van der Waals surface area contributed by atoms with Gasteiger partial charge < -0.3 is 14.4 Å². The molecule has 0 spiro atoms. The number of non-ortho nitro benzene ring substituents is 1. The molecule has 8 nitrogen and oxygen atoms in total. The van der Waals surface area contributed by atoms with Gasteiger partial charge in [0.2, 0.25) is 5.91 Å². The molecule has 8 heteroatoms. The Morgan fingerprint density at radius 3 is 2.63 bits per heavy atom. The van der Waals surface area contributed by atoms with Gasteiger partial charge >= 0.3 is 0 Å². The van der Waals surface area contributed by atoms with Crippen molar-refractivity contribution in [2.45, 2.75) is 38.8 Å². The predicted molar refractivity (Wildman–Crippen MR) is 97.2 cm³/mol. The SMILES string of the molecule is O=C(C1CCN(Cc2cc([N+](=O)[O-])cc3c2OCOC3)CC1)N1CCCC1. The van der Waals surface area contributed by atoms with Gasteiger partial charge in [-0.2, -0.15) is 0 Å². The Morgan fingerprint density at radius 1 is 1.19 bits per heavy atom. The third-order valence-corrected chi connectivity index (χ3v) is 5.73. The number of nitro groups is 1. The summed E-state index contributed by atoms with van der Waals surface area (Å²) in [6.07, 6.45) is 3.92. The fraction of sp³-hybridized carbons (Fsp3) is 0.632. The monoisotopic (exact) mass is 375 g/mol. The van der Waals surface area contributed by atoms with Crippen LogP contribution in [0.25, 0.3) is 0 Å². The van der Waals surface area contributed by atoms with Crippen LogP contribution in [-0.2, 0) is 22.7 Å². The van der Waals surface area contributed by atoms with Crippen LogP contribution in [-0.4, -0.2) is 53.6 Å². The number of hydrogen-bond acceptors (Lipinski definition) is 6. The number of carbonyl (C=O) groups is 1. The highest BCUT2D eigenvalue weighted by molar-refractivity contribution is 5.79. The van der Waals surface area contributed by atoms with Gasteiger partial charge in [-0.3, -0.25) is 19.8 Å². The lowest BCUT2D eigenvalue weighted by molar-refractivity contribution is -0.385. The van der Waals surface area contributed by atoms with Gasteiger partial charge in [-0.15, -0.1) is 0 Å². The molecule has 0 unspecified atom stereocenters. The molecule has 1 amide bonds. The second-order valence-corrected chi connectivity index (χ2v) is 7.54. The first kappa shape index (κ1) is 18.2. The molecule has 27 heavy (non-hydrogen) atoms. The maximum atomic E-state index is 12.6. The van der Waals surface area contributed by atoms with E-state index in [1.165, 1.54) is 6.07 Å². The highest BCUT2D eigenvalue weighted by Gasteiger charge is 2.30. The summed E-state index contributed by atoms with van der Waals surface area (Å²) in [4.78, 5) is 27.7. The molecule has 0 aliphatic carbocycles. The molecular weight excluding hydrogens is 350 g/mol. The summed E-state index contributed by atoms with van der Waals surface area (Å²) < 4.78 is 10.9. The maximum Gasteiger partial charge on any atom is 0.270 e. The Morgan fingerprint density at radius 2 is 1.93 bits per heavy atom. The van der Waals surface area contributed by atoms with Crippen molar-refractivity contribution in [1.82, 2.24) is 9.80 Å². The van der Waals surface area contributed by atoms with Crippen LogP contribution in [0.15, 0.2) is 12.1 Å². The van der Waals surface area contributed by atoms with Gasteiger partial charge in [-0.25, -0.2) is 0 Å². The molecule has 0 atom stereocenters. The van der Waals surface area contributed by atoms with E-state index in [1.807, 2.05) is 4.90 Å². The van der Waals surface area contributed by atoms with Crippen LogP contribution < -0.4 is 4.74 Å².